The second kappa shape index (κ2) is 8.18. The van der Waals surface area contributed by atoms with E-state index in [-0.39, 0.29) is 11.4 Å². The third-order valence-corrected chi connectivity index (χ3v) is 5.12. The Balaban J connectivity index is 2.05. The number of rotatable bonds is 8. The average Bonchev–Trinajstić information content (AvgIpc) is 2.59. The maximum Gasteiger partial charge on any atom is 0.240 e. The molecule has 0 spiro atoms. The molecule has 0 aliphatic heterocycles. The molecular formula is C19H23NO4S. The molecule has 0 saturated carbocycles. The van der Waals surface area contributed by atoms with Crippen molar-refractivity contribution in [2.24, 2.45) is 0 Å². The molecule has 6 heteroatoms. The lowest BCUT2D eigenvalue weighted by Crippen LogP contribution is -2.35. The summed E-state index contributed by atoms with van der Waals surface area (Å²) in [5, 5.41) is 0. The molecule has 25 heavy (non-hydrogen) atoms. The Morgan fingerprint density at radius 3 is 2.16 bits per heavy atom. The minimum Gasteiger partial charge on any atom is -0.497 e. The van der Waals surface area contributed by atoms with Gasteiger partial charge in [-0.25, -0.2) is 13.1 Å². The molecule has 2 aromatic carbocycles. The van der Waals surface area contributed by atoms with Crippen LogP contribution in [0.2, 0.25) is 0 Å². The Hall–Kier alpha value is -2.31. The molecule has 0 aliphatic rings. The van der Waals surface area contributed by atoms with Crippen molar-refractivity contribution in [3.63, 3.8) is 0 Å². The van der Waals surface area contributed by atoms with Crippen LogP contribution in [0.1, 0.15) is 12.5 Å². The van der Waals surface area contributed by atoms with E-state index >= 15 is 0 Å². The van der Waals surface area contributed by atoms with Crippen molar-refractivity contribution < 1.29 is 17.9 Å². The van der Waals surface area contributed by atoms with Gasteiger partial charge in [-0.3, -0.25) is 0 Å². The van der Waals surface area contributed by atoms with Crippen LogP contribution >= 0.6 is 0 Å². The summed E-state index contributed by atoms with van der Waals surface area (Å²) in [7, 11) is -2.01. The normalized spacial score (nSPS) is 12.4. The van der Waals surface area contributed by atoms with Gasteiger partial charge in [0, 0.05) is 0 Å². The number of nitrogens with one attached hydrogen (secondary N) is 1. The number of methoxy groups -OCH3 is 1. The third-order valence-electron chi connectivity index (χ3n) is 3.68. The molecule has 2 aromatic rings. The van der Waals surface area contributed by atoms with E-state index in [0.717, 1.165) is 16.9 Å². The summed E-state index contributed by atoms with van der Waals surface area (Å²) < 4.78 is 38.3. The summed E-state index contributed by atoms with van der Waals surface area (Å²) in [5.41, 5.74) is 1.73. The van der Waals surface area contributed by atoms with Crippen molar-refractivity contribution in [3.8, 4) is 11.5 Å². The third kappa shape index (κ3) is 5.34. The van der Waals surface area contributed by atoms with Gasteiger partial charge in [-0.15, -0.1) is 0 Å². The topological polar surface area (TPSA) is 64.6 Å². The van der Waals surface area contributed by atoms with E-state index in [0.29, 0.717) is 5.75 Å². The maximum absolute atomic E-state index is 12.4. The first-order valence-corrected chi connectivity index (χ1v) is 9.32. The molecule has 0 heterocycles. The highest BCUT2D eigenvalue weighted by Gasteiger charge is 2.18. The van der Waals surface area contributed by atoms with Gasteiger partial charge in [-0.2, -0.15) is 0 Å². The molecule has 0 bridgehead atoms. The Morgan fingerprint density at radius 1 is 1.08 bits per heavy atom. The summed E-state index contributed by atoms with van der Waals surface area (Å²) in [5.74, 6) is 1.34. The monoisotopic (exact) mass is 361 g/mol. The van der Waals surface area contributed by atoms with Crippen molar-refractivity contribution in [1.82, 2.24) is 4.72 Å². The number of hydrogen-bond acceptors (Lipinski definition) is 4. The lowest BCUT2D eigenvalue weighted by molar-refractivity contribution is 0.240. The standard InChI is InChI=1S/C19H23NO4S/c1-14(2)19(24-17-9-7-16(23-4)8-10-17)13-20-25(21,22)18-11-5-15(3)6-12-18/h5-12,19-20H,1,13H2,2-4H3. The highest BCUT2D eigenvalue weighted by atomic mass is 32.2. The second-order valence-electron chi connectivity index (χ2n) is 5.79. The van der Waals surface area contributed by atoms with E-state index in [9.17, 15) is 8.42 Å². The number of aryl methyl sites for hydroxylation is 1. The van der Waals surface area contributed by atoms with Gasteiger partial charge in [0.05, 0.1) is 18.6 Å². The average molecular weight is 361 g/mol. The van der Waals surface area contributed by atoms with E-state index in [4.69, 9.17) is 9.47 Å². The fourth-order valence-electron chi connectivity index (χ4n) is 2.12. The van der Waals surface area contributed by atoms with Gasteiger partial charge in [-0.1, -0.05) is 24.3 Å². The Morgan fingerprint density at radius 2 is 1.64 bits per heavy atom. The zero-order chi connectivity index (χ0) is 18.4. The van der Waals surface area contributed by atoms with Crippen LogP contribution in [0.15, 0.2) is 65.6 Å². The van der Waals surface area contributed by atoms with Crippen LogP contribution in [0.25, 0.3) is 0 Å². The Kier molecular flexibility index (Phi) is 6.22. The fraction of sp³-hybridized carbons (Fsp3) is 0.263. The van der Waals surface area contributed by atoms with E-state index < -0.39 is 16.1 Å². The van der Waals surface area contributed by atoms with Crippen molar-refractivity contribution in [2.75, 3.05) is 13.7 Å². The molecule has 0 aromatic heterocycles. The summed E-state index contributed by atoms with van der Waals surface area (Å²) in [6, 6.07) is 13.8. The second-order valence-corrected chi connectivity index (χ2v) is 7.56. The van der Waals surface area contributed by atoms with Crippen molar-refractivity contribution in [1.29, 1.82) is 0 Å². The molecule has 0 fully saturated rings. The Labute approximate surface area is 149 Å². The van der Waals surface area contributed by atoms with Crippen molar-refractivity contribution in [2.45, 2.75) is 24.8 Å². The zero-order valence-corrected chi connectivity index (χ0v) is 15.5. The summed E-state index contributed by atoms with van der Waals surface area (Å²) >= 11 is 0. The zero-order valence-electron chi connectivity index (χ0n) is 14.7. The van der Waals surface area contributed by atoms with Crippen LogP contribution in [0, 0.1) is 6.92 Å². The van der Waals surface area contributed by atoms with Gasteiger partial charge in [0.25, 0.3) is 0 Å². The van der Waals surface area contributed by atoms with Crippen molar-refractivity contribution in [3.05, 3.63) is 66.2 Å². The molecule has 1 unspecified atom stereocenters. The van der Waals surface area contributed by atoms with Gasteiger partial charge in [0.2, 0.25) is 10.0 Å². The number of hydrogen-bond donors (Lipinski definition) is 1. The Bertz CT molecular complexity index is 812. The molecule has 0 radical (unpaired) electrons. The number of benzene rings is 2. The lowest BCUT2D eigenvalue weighted by atomic mass is 10.2. The van der Waals surface area contributed by atoms with Gasteiger partial charge < -0.3 is 9.47 Å². The smallest absolute Gasteiger partial charge is 0.240 e. The van der Waals surface area contributed by atoms with Gasteiger partial charge in [0.1, 0.15) is 17.6 Å². The van der Waals surface area contributed by atoms with Gasteiger partial charge in [-0.05, 0) is 55.8 Å². The largest absolute Gasteiger partial charge is 0.497 e. The molecule has 0 aliphatic carbocycles. The summed E-state index contributed by atoms with van der Waals surface area (Å²) in [6.45, 7) is 7.69. The highest BCUT2D eigenvalue weighted by Crippen LogP contribution is 2.20. The molecule has 2 rings (SSSR count). The molecular weight excluding hydrogens is 338 g/mol. The molecule has 1 atom stereocenters. The molecule has 5 nitrogen and oxygen atoms in total. The predicted octanol–water partition coefficient (Wildman–Crippen LogP) is 3.31. The predicted molar refractivity (Wildman–Crippen MR) is 98.6 cm³/mol. The minimum atomic E-state index is -3.60. The SMILES string of the molecule is C=C(C)C(CNS(=O)(=O)c1ccc(C)cc1)Oc1ccc(OC)cc1. The van der Waals surface area contributed by atoms with Crippen LogP contribution in [0.3, 0.4) is 0 Å². The van der Waals surface area contributed by atoms with E-state index in [2.05, 4.69) is 11.3 Å². The molecule has 1 N–H and O–H groups in total. The van der Waals surface area contributed by atoms with Crippen LogP contribution in [0.5, 0.6) is 11.5 Å². The van der Waals surface area contributed by atoms with Crippen LogP contribution in [0.4, 0.5) is 0 Å². The quantitative estimate of drug-likeness (QED) is 0.733. The molecule has 134 valence electrons. The first-order chi connectivity index (χ1) is 11.8. The summed E-state index contributed by atoms with van der Waals surface area (Å²) in [4.78, 5) is 0.225. The van der Waals surface area contributed by atoms with Gasteiger partial charge >= 0.3 is 0 Å². The number of sulfonamides is 1. The minimum absolute atomic E-state index is 0.0948. The fourth-order valence-corrected chi connectivity index (χ4v) is 3.15. The molecule has 0 amide bonds. The first kappa shape index (κ1) is 19.0. The van der Waals surface area contributed by atoms with E-state index in [1.807, 2.05) is 6.92 Å². The highest BCUT2D eigenvalue weighted by molar-refractivity contribution is 7.89. The first-order valence-electron chi connectivity index (χ1n) is 7.84. The van der Waals surface area contributed by atoms with Crippen LogP contribution in [-0.4, -0.2) is 28.2 Å². The summed E-state index contributed by atoms with van der Waals surface area (Å²) in [6.07, 6.45) is -0.478. The van der Waals surface area contributed by atoms with Gasteiger partial charge in [0.15, 0.2) is 0 Å². The molecule has 0 saturated heterocycles. The van der Waals surface area contributed by atoms with E-state index in [1.165, 1.54) is 0 Å². The van der Waals surface area contributed by atoms with Crippen LogP contribution < -0.4 is 14.2 Å². The lowest BCUT2D eigenvalue weighted by Gasteiger charge is -2.20. The number of ether oxygens (including phenoxy) is 2. The maximum atomic E-state index is 12.4. The van der Waals surface area contributed by atoms with Crippen molar-refractivity contribution >= 4 is 10.0 Å². The van der Waals surface area contributed by atoms with E-state index in [1.54, 1.807) is 62.6 Å². The van der Waals surface area contributed by atoms with Crippen LogP contribution in [-0.2, 0) is 10.0 Å².